The molecule has 1 aromatic carbocycles. The van der Waals surface area contributed by atoms with Crippen molar-refractivity contribution in [2.24, 2.45) is 0 Å². The lowest BCUT2D eigenvalue weighted by molar-refractivity contribution is -0.119. The third kappa shape index (κ3) is 3.70. The van der Waals surface area contributed by atoms with E-state index in [1.807, 2.05) is 18.2 Å². The molecule has 32 heavy (non-hydrogen) atoms. The molecule has 0 bridgehead atoms. The Bertz CT molecular complexity index is 1040. The highest BCUT2D eigenvalue weighted by Crippen LogP contribution is 2.39. The van der Waals surface area contributed by atoms with E-state index in [0.29, 0.717) is 44.2 Å². The summed E-state index contributed by atoms with van der Waals surface area (Å²) in [6.07, 6.45) is 0.607. The van der Waals surface area contributed by atoms with Crippen LogP contribution < -0.4 is 19.9 Å². The van der Waals surface area contributed by atoms with Crippen molar-refractivity contribution in [3.8, 4) is 5.75 Å². The normalized spacial score (nSPS) is 22.0. The van der Waals surface area contributed by atoms with Crippen molar-refractivity contribution < 1.29 is 28.4 Å². The summed E-state index contributed by atoms with van der Waals surface area (Å²) in [5.41, 5.74) is 1.61. The number of nitrogens with zero attached hydrogens (tertiary/aromatic N) is 4. The molecule has 1 N–H and O–H groups in total. The Balaban J connectivity index is 1.27. The number of ether oxygens (including phenoxy) is 2. The zero-order valence-corrected chi connectivity index (χ0v) is 17.5. The standard InChI is InChI=1S/C21H23N5O6/c1-13(27)22-9-16-11-26(21(29)31-16)14-2-3-17-19(8-14)30-12-15-10-24(6-7-25(15)17)20(28)18-4-5-23-32-18/h2-5,8,15-16H,6-7,9-12H2,1H3,(H,22,27)/t15?,16-/m0/s1. The fraction of sp³-hybridized carbons (Fsp3) is 0.429. The van der Waals surface area contributed by atoms with E-state index >= 15 is 0 Å². The molecule has 11 heteroatoms. The molecule has 0 radical (unpaired) electrons. The highest BCUT2D eigenvalue weighted by Gasteiger charge is 2.37. The molecule has 0 spiro atoms. The number of fused-ring (bicyclic) bond motifs is 3. The predicted molar refractivity (Wildman–Crippen MR) is 112 cm³/mol. The van der Waals surface area contributed by atoms with Gasteiger partial charge < -0.3 is 29.1 Å². The van der Waals surface area contributed by atoms with Crippen LogP contribution in [0.15, 0.2) is 35.0 Å². The summed E-state index contributed by atoms with van der Waals surface area (Å²) in [6, 6.07) is 7.21. The van der Waals surface area contributed by atoms with Gasteiger partial charge in [0.15, 0.2) is 0 Å². The number of anilines is 2. The average molecular weight is 441 g/mol. The molecule has 168 valence electrons. The molecule has 3 amide bonds. The van der Waals surface area contributed by atoms with Crippen molar-refractivity contribution in [2.45, 2.75) is 19.1 Å². The summed E-state index contributed by atoms with van der Waals surface area (Å²) >= 11 is 0. The number of carbonyl (C=O) groups is 3. The van der Waals surface area contributed by atoms with E-state index in [1.165, 1.54) is 18.0 Å². The second-order valence-corrected chi connectivity index (χ2v) is 7.99. The van der Waals surface area contributed by atoms with Crippen molar-refractivity contribution in [3.05, 3.63) is 36.2 Å². The number of hydrogen-bond acceptors (Lipinski definition) is 8. The Morgan fingerprint density at radius 3 is 2.88 bits per heavy atom. The minimum absolute atomic E-state index is 0.0211. The molecule has 1 unspecified atom stereocenters. The Hall–Kier alpha value is -3.76. The smallest absolute Gasteiger partial charge is 0.414 e. The molecule has 11 nitrogen and oxygen atoms in total. The van der Waals surface area contributed by atoms with Crippen LogP contribution in [-0.4, -0.2) is 79.4 Å². The van der Waals surface area contributed by atoms with Gasteiger partial charge >= 0.3 is 6.09 Å². The lowest BCUT2D eigenvalue weighted by Crippen LogP contribution is -2.58. The van der Waals surface area contributed by atoms with Gasteiger partial charge in [0.2, 0.25) is 11.7 Å². The van der Waals surface area contributed by atoms with Crippen molar-refractivity contribution in [1.82, 2.24) is 15.4 Å². The van der Waals surface area contributed by atoms with Crippen LogP contribution in [0.5, 0.6) is 5.75 Å². The Labute approximate surface area is 183 Å². The van der Waals surface area contributed by atoms with Gasteiger partial charge in [-0.2, -0.15) is 0 Å². The van der Waals surface area contributed by atoms with Crippen LogP contribution in [-0.2, 0) is 9.53 Å². The first-order valence-electron chi connectivity index (χ1n) is 10.5. The lowest BCUT2D eigenvalue weighted by atomic mass is 10.1. The molecule has 4 heterocycles. The molecule has 1 aromatic heterocycles. The number of nitrogens with one attached hydrogen (secondary N) is 1. The van der Waals surface area contributed by atoms with E-state index < -0.39 is 12.2 Å². The quantitative estimate of drug-likeness (QED) is 0.743. The third-order valence-corrected chi connectivity index (χ3v) is 5.87. The van der Waals surface area contributed by atoms with Crippen molar-refractivity contribution in [3.63, 3.8) is 0 Å². The van der Waals surface area contributed by atoms with E-state index in [2.05, 4.69) is 15.4 Å². The monoisotopic (exact) mass is 441 g/mol. The molecule has 3 aliphatic heterocycles. The first-order valence-corrected chi connectivity index (χ1v) is 10.5. The number of rotatable bonds is 4. The van der Waals surface area contributed by atoms with E-state index in [-0.39, 0.29) is 30.2 Å². The largest absolute Gasteiger partial charge is 0.489 e. The molecular weight excluding hydrogens is 418 g/mol. The molecule has 0 saturated carbocycles. The van der Waals surface area contributed by atoms with Crippen LogP contribution in [0, 0.1) is 0 Å². The highest BCUT2D eigenvalue weighted by atomic mass is 16.6. The first kappa shape index (κ1) is 20.2. The Kier molecular flexibility index (Phi) is 5.08. The molecule has 2 aromatic rings. The summed E-state index contributed by atoms with van der Waals surface area (Å²) in [5, 5.41) is 6.28. The van der Waals surface area contributed by atoms with E-state index in [1.54, 1.807) is 11.0 Å². The number of hydrogen-bond donors (Lipinski definition) is 1. The van der Waals surface area contributed by atoms with Crippen LogP contribution in [0.4, 0.5) is 16.2 Å². The second kappa shape index (κ2) is 8.06. The Morgan fingerprint density at radius 2 is 2.09 bits per heavy atom. The first-order chi connectivity index (χ1) is 15.5. The molecule has 2 saturated heterocycles. The fourth-order valence-electron chi connectivity index (χ4n) is 4.29. The van der Waals surface area contributed by atoms with Gasteiger partial charge in [0.05, 0.1) is 36.7 Å². The SMILES string of the molecule is CC(=O)NC[C@H]1CN(c2ccc3c(c2)OCC2CN(C(=O)c4ccno4)CCN32)C(=O)O1. The average Bonchev–Trinajstić information content (AvgIpc) is 3.46. The van der Waals surface area contributed by atoms with E-state index in [4.69, 9.17) is 14.0 Å². The third-order valence-electron chi connectivity index (χ3n) is 5.87. The number of carbonyl (C=O) groups excluding carboxylic acids is 3. The van der Waals surface area contributed by atoms with Crippen molar-refractivity contribution in [1.29, 1.82) is 0 Å². The highest BCUT2D eigenvalue weighted by molar-refractivity contribution is 5.92. The van der Waals surface area contributed by atoms with Gasteiger partial charge in [-0.25, -0.2) is 4.79 Å². The minimum Gasteiger partial charge on any atom is -0.489 e. The summed E-state index contributed by atoms with van der Waals surface area (Å²) < 4.78 is 16.3. The van der Waals surface area contributed by atoms with Gasteiger partial charge in [-0.05, 0) is 12.1 Å². The van der Waals surface area contributed by atoms with Crippen LogP contribution >= 0.6 is 0 Å². The number of aromatic nitrogens is 1. The van der Waals surface area contributed by atoms with Crippen LogP contribution in [0.2, 0.25) is 0 Å². The molecule has 0 aliphatic carbocycles. The zero-order chi connectivity index (χ0) is 22.2. The van der Waals surface area contributed by atoms with E-state index in [0.717, 1.165) is 5.69 Å². The van der Waals surface area contributed by atoms with Gasteiger partial charge in [0, 0.05) is 38.7 Å². The predicted octanol–water partition coefficient (Wildman–Crippen LogP) is 0.859. The van der Waals surface area contributed by atoms with Crippen LogP contribution in [0.1, 0.15) is 17.5 Å². The van der Waals surface area contributed by atoms with Gasteiger partial charge in [-0.1, -0.05) is 5.16 Å². The fourth-order valence-corrected chi connectivity index (χ4v) is 4.29. The maximum Gasteiger partial charge on any atom is 0.414 e. The number of benzene rings is 1. The molecule has 5 rings (SSSR count). The van der Waals surface area contributed by atoms with E-state index in [9.17, 15) is 14.4 Å². The van der Waals surface area contributed by atoms with Gasteiger partial charge in [-0.15, -0.1) is 0 Å². The lowest BCUT2D eigenvalue weighted by Gasteiger charge is -2.45. The van der Waals surface area contributed by atoms with Gasteiger partial charge in [-0.3, -0.25) is 14.5 Å². The topological polar surface area (TPSA) is 117 Å². The molecule has 2 atom stereocenters. The summed E-state index contributed by atoms with van der Waals surface area (Å²) in [5.74, 6) is 0.574. The summed E-state index contributed by atoms with van der Waals surface area (Å²) in [4.78, 5) is 41.5. The van der Waals surface area contributed by atoms with Gasteiger partial charge in [0.1, 0.15) is 18.5 Å². The number of piperazine rings is 1. The number of cyclic esters (lactones) is 1. The summed E-state index contributed by atoms with van der Waals surface area (Å²) in [6.45, 7) is 4.20. The van der Waals surface area contributed by atoms with Crippen molar-refractivity contribution in [2.75, 3.05) is 49.1 Å². The molecule has 2 fully saturated rings. The number of amides is 3. The maximum atomic E-state index is 12.6. The van der Waals surface area contributed by atoms with Crippen LogP contribution in [0.25, 0.3) is 0 Å². The maximum absolute atomic E-state index is 12.6. The minimum atomic E-state index is -0.450. The molecular formula is C21H23N5O6. The van der Waals surface area contributed by atoms with Crippen LogP contribution in [0.3, 0.4) is 0 Å². The van der Waals surface area contributed by atoms with Crippen molar-refractivity contribution >= 4 is 29.3 Å². The zero-order valence-electron chi connectivity index (χ0n) is 17.5. The van der Waals surface area contributed by atoms with Gasteiger partial charge in [0.25, 0.3) is 5.91 Å². The summed E-state index contributed by atoms with van der Waals surface area (Å²) in [7, 11) is 0. The molecule has 3 aliphatic rings. The Morgan fingerprint density at radius 1 is 1.22 bits per heavy atom. The second-order valence-electron chi connectivity index (χ2n) is 7.99.